The second-order valence-corrected chi connectivity index (χ2v) is 4.17. The maximum absolute atomic E-state index is 12.8. The summed E-state index contributed by atoms with van der Waals surface area (Å²) in [5, 5.41) is 13.8. The number of nitrogens with zero attached hydrogens (tertiary/aromatic N) is 4. The molecule has 102 valence electrons. The molecular formula is C10H9ClF3N5. The van der Waals surface area contributed by atoms with E-state index in [2.05, 4.69) is 20.7 Å². The van der Waals surface area contributed by atoms with Gasteiger partial charge in [-0.25, -0.2) is 0 Å². The van der Waals surface area contributed by atoms with Crippen molar-refractivity contribution >= 4 is 17.3 Å². The van der Waals surface area contributed by atoms with Gasteiger partial charge in [-0.1, -0.05) is 11.6 Å². The van der Waals surface area contributed by atoms with Gasteiger partial charge in [0.1, 0.15) is 0 Å². The van der Waals surface area contributed by atoms with E-state index in [0.29, 0.717) is 5.82 Å². The zero-order valence-corrected chi connectivity index (χ0v) is 10.5. The van der Waals surface area contributed by atoms with Crippen molar-refractivity contribution in [3.05, 3.63) is 34.6 Å². The van der Waals surface area contributed by atoms with Crippen LogP contribution in [0.2, 0.25) is 5.02 Å². The van der Waals surface area contributed by atoms with E-state index in [1.165, 1.54) is 16.9 Å². The zero-order chi connectivity index (χ0) is 14.0. The average molecular weight is 292 g/mol. The lowest BCUT2D eigenvalue weighted by molar-refractivity contribution is -0.136. The molecule has 0 saturated carbocycles. The Morgan fingerprint density at radius 2 is 2.11 bits per heavy atom. The Kier molecular flexibility index (Phi) is 3.61. The summed E-state index contributed by atoms with van der Waals surface area (Å²) in [6.45, 7) is 0.0402. The lowest BCUT2D eigenvalue weighted by atomic mass is 10.1. The number of aryl methyl sites for hydroxylation is 1. The molecule has 1 aromatic heterocycles. The Morgan fingerprint density at radius 3 is 2.68 bits per heavy atom. The Hall–Kier alpha value is -1.83. The fourth-order valence-corrected chi connectivity index (χ4v) is 1.65. The smallest absolute Gasteiger partial charge is 0.377 e. The lowest BCUT2D eigenvalue weighted by Gasteiger charge is -2.13. The number of anilines is 1. The Morgan fingerprint density at radius 1 is 1.37 bits per heavy atom. The molecule has 19 heavy (non-hydrogen) atoms. The molecule has 0 aliphatic carbocycles. The first-order chi connectivity index (χ1) is 8.86. The van der Waals surface area contributed by atoms with Crippen LogP contribution >= 0.6 is 11.6 Å². The third kappa shape index (κ3) is 3.34. The van der Waals surface area contributed by atoms with Gasteiger partial charge >= 0.3 is 6.18 Å². The summed E-state index contributed by atoms with van der Waals surface area (Å²) in [6.07, 6.45) is -4.48. The van der Waals surface area contributed by atoms with Crippen LogP contribution in [0.25, 0.3) is 0 Å². The summed E-state index contributed by atoms with van der Waals surface area (Å²) in [4.78, 5) is 1.23. The second kappa shape index (κ2) is 5.04. The van der Waals surface area contributed by atoms with Crippen molar-refractivity contribution in [2.45, 2.75) is 12.7 Å². The molecule has 0 amide bonds. The largest absolute Gasteiger partial charge is 0.418 e. The fraction of sp³-hybridized carbons (Fsp3) is 0.300. The molecule has 2 aromatic rings. The molecule has 0 spiro atoms. The van der Waals surface area contributed by atoms with E-state index in [4.69, 9.17) is 11.6 Å². The van der Waals surface area contributed by atoms with Crippen molar-refractivity contribution < 1.29 is 13.2 Å². The number of aromatic nitrogens is 4. The predicted molar refractivity (Wildman–Crippen MR) is 62.6 cm³/mol. The molecule has 5 nitrogen and oxygen atoms in total. The van der Waals surface area contributed by atoms with E-state index >= 15 is 0 Å². The summed E-state index contributed by atoms with van der Waals surface area (Å²) in [5.74, 6) is 0.297. The standard InChI is InChI=1S/C10H9ClF3N5/c1-19-17-9(16-18-19)5-15-8-3-2-6(11)4-7(8)10(12,13)14/h2-4,15H,5H2,1H3. The number of halogens is 4. The van der Waals surface area contributed by atoms with Crippen LogP contribution in [0.1, 0.15) is 11.4 Å². The highest BCUT2D eigenvalue weighted by atomic mass is 35.5. The molecule has 1 heterocycles. The molecular weight excluding hydrogens is 283 g/mol. The molecule has 0 atom stereocenters. The Balaban J connectivity index is 2.20. The van der Waals surface area contributed by atoms with Crippen LogP contribution in [-0.2, 0) is 19.8 Å². The van der Waals surface area contributed by atoms with Crippen LogP contribution in [0.5, 0.6) is 0 Å². The molecule has 2 rings (SSSR count). The molecule has 0 radical (unpaired) electrons. The first-order valence-electron chi connectivity index (χ1n) is 5.20. The lowest BCUT2D eigenvalue weighted by Crippen LogP contribution is -2.11. The second-order valence-electron chi connectivity index (χ2n) is 3.74. The minimum absolute atomic E-state index is 0.0236. The van der Waals surface area contributed by atoms with Crippen molar-refractivity contribution in [1.29, 1.82) is 0 Å². The van der Waals surface area contributed by atoms with Crippen LogP contribution in [0.4, 0.5) is 18.9 Å². The molecule has 9 heteroatoms. The van der Waals surface area contributed by atoms with E-state index in [-0.39, 0.29) is 17.3 Å². The quantitative estimate of drug-likeness (QED) is 0.944. The van der Waals surface area contributed by atoms with Crippen molar-refractivity contribution in [2.24, 2.45) is 7.05 Å². The molecule has 1 N–H and O–H groups in total. The van der Waals surface area contributed by atoms with Gasteiger partial charge < -0.3 is 5.32 Å². The monoisotopic (exact) mass is 291 g/mol. The normalized spacial score (nSPS) is 11.6. The van der Waals surface area contributed by atoms with Crippen molar-refractivity contribution in [2.75, 3.05) is 5.32 Å². The molecule has 0 bridgehead atoms. The minimum Gasteiger partial charge on any atom is -0.377 e. The van der Waals surface area contributed by atoms with Crippen molar-refractivity contribution in [3.8, 4) is 0 Å². The summed E-state index contributed by atoms with van der Waals surface area (Å²) < 4.78 is 38.4. The van der Waals surface area contributed by atoms with E-state index < -0.39 is 11.7 Å². The van der Waals surface area contributed by atoms with Crippen LogP contribution in [0, 0.1) is 0 Å². The fourth-order valence-electron chi connectivity index (χ4n) is 1.47. The highest BCUT2D eigenvalue weighted by molar-refractivity contribution is 6.30. The summed E-state index contributed by atoms with van der Waals surface area (Å²) in [7, 11) is 1.57. The van der Waals surface area contributed by atoms with Gasteiger partial charge in [-0.3, -0.25) is 0 Å². The highest BCUT2D eigenvalue weighted by Crippen LogP contribution is 2.36. The predicted octanol–water partition coefficient (Wildman–Crippen LogP) is 2.49. The Bertz CT molecular complexity index is 581. The van der Waals surface area contributed by atoms with Gasteiger partial charge in [-0.05, 0) is 23.4 Å². The van der Waals surface area contributed by atoms with Gasteiger partial charge in [-0.2, -0.15) is 18.0 Å². The number of alkyl halides is 3. The SMILES string of the molecule is Cn1nnc(CNc2ccc(Cl)cc2C(F)(F)F)n1. The summed E-state index contributed by atoms with van der Waals surface area (Å²) in [5.41, 5.74) is -0.909. The van der Waals surface area contributed by atoms with Crippen LogP contribution in [0.3, 0.4) is 0 Å². The van der Waals surface area contributed by atoms with Crippen LogP contribution in [0.15, 0.2) is 18.2 Å². The van der Waals surface area contributed by atoms with E-state index in [1.54, 1.807) is 7.05 Å². The minimum atomic E-state index is -4.48. The van der Waals surface area contributed by atoms with Gasteiger partial charge in [0.05, 0.1) is 19.2 Å². The van der Waals surface area contributed by atoms with Gasteiger partial charge in [-0.15, -0.1) is 10.2 Å². The molecule has 0 unspecified atom stereocenters. The molecule has 0 saturated heterocycles. The first kappa shape index (κ1) is 13.6. The Labute approximate surface area is 111 Å². The maximum atomic E-state index is 12.8. The van der Waals surface area contributed by atoms with Crippen LogP contribution in [-0.4, -0.2) is 20.2 Å². The first-order valence-corrected chi connectivity index (χ1v) is 5.57. The summed E-state index contributed by atoms with van der Waals surface area (Å²) in [6, 6.07) is 3.51. The molecule has 0 aliphatic heterocycles. The maximum Gasteiger partial charge on any atom is 0.418 e. The summed E-state index contributed by atoms with van der Waals surface area (Å²) >= 11 is 5.58. The van der Waals surface area contributed by atoms with Gasteiger partial charge in [0.15, 0.2) is 5.82 Å². The topological polar surface area (TPSA) is 55.6 Å². The molecule has 1 aromatic carbocycles. The third-order valence-electron chi connectivity index (χ3n) is 2.27. The van der Waals surface area contributed by atoms with E-state index in [0.717, 1.165) is 6.07 Å². The molecule has 0 aliphatic rings. The zero-order valence-electron chi connectivity index (χ0n) is 9.74. The van der Waals surface area contributed by atoms with Crippen LogP contribution < -0.4 is 5.32 Å². The average Bonchev–Trinajstić information content (AvgIpc) is 2.72. The molecule has 0 fully saturated rings. The number of hydrogen-bond donors (Lipinski definition) is 1. The number of tetrazole rings is 1. The number of rotatable bonds is 3. The van der Waals surface area contributed by atoms with Gasteiger partial charge in [0.2, 0.25) is 0 Å². The van der Waals surface area contributed by atoms with Crippen molar-refractivity contribution in [3.63, 3.8) is 0 Å². The van der Waals surface area contributed by atoms with Gasteiger partial charge in [0.25, 0.3) is 0 Å². The number of nitrogens with one attached hydrogen (secondary N) is 1. The third-order valence-corrected chi connectivity index (χ3v) is 2.51. The highest BCUT2D eigenvalue weighted by Gasteiger charge is 2.33. The van der Waals surface area contributed by atoms with Gasteiger partial charge in [0, 0.05) is 10.7 Å². The van der Waals surface area contributed by atoms with E-state index in [1.807, 2.05) is 0 Å². The number of benzene rings is 1. The van der Waals surface area contributed by atoms with Crippen molar-refractivity contribution in [1.82, 2.24) is 20.2 Å². The van der Waals surface area contributed by atoms with E-state index in [9.17, 15) is 13.2 Å². The number of hydrogen-bond acceptors (Lipinski definition) is 4.